The number of hydrogen-bond donors (Lipinski definition) is 2. The maximum atomic E-state index is 14.2. The lowest BCUT2D eigenvalue weighted by molar-refractivity contribution is -0.205. The molecule has 31 heavy (non-hydrogen) atoms. The lowest BCUT2D eigenvalue weighted by atomic mass is 9.59. The summed E-state index contributed by atoms with van der Waals surface area (Å²) < 4.78 is 5.90. The average Bonchev–Trinajstić information content (AvgIpc) is 3.17. The second kappa shape index (κ2) is 6.77. The van der Waals surface area contributed by atoms with E-state index in [1.54, 1.807) is 20.8 Å². The van der Waals surface area contributed by atoms with Crippen molar-refractivity contribution in [2.24, 2.45) is 46.3 Å². The first-order valence-electron chi connectivity index (χ1n) is 11.8. The number of Topliss-reactive ketones (excluding diaryl/α,β-unsaturated/α-hetero) is 1. The first-order chi connectivity index (χ1) is 14.2. The van der Waals surface area contributed by atoms with Crippen LogP contribution in [0.3, 0.4) is 0 Å². The summed E-state index contributed by atoms with van der Waals surface area (Å²) in [5.41, 5.74) is -1.88. The number of hydrogen-bond acceptors (Lipinski definition) is 5. The number of ether oxygens (including phenoxy) is 1. The van der Waals surface area contributed by atoms with Gasteiger partial charge in [-0.1, -0.05) is 53.7 Å². The van der Waals surface area contributed by atoms with Crippen LogP contribution in [0.25, 0.3) is 0 Å². The number of allylic oxidation sites excluding steroid dienone is 1. The lowest BCUT2D eigenvalue weighted by Crippen LogP contribution is -2.65. The molecule has 172 valence electrons. The summed E-state index contributed by atoms with van der Waals surface area (Å²) in [6.45, 7) is 15.7. The van der Waals surface area contributed by atoms with E-state index in [-0.39, 0.29) is 40.8 Å². The SMILES string of the molecule is CC1=C[C@@H]2C(=O)[C@]3(C=C(C)[C@H](OC(=O)C(C)C(C)C)[C@@]3(O)[C@@H]1O)[C@H](C)C[C@@H]1[C@H]2C1(C)C. The molecule has 0 saturated heterocycles. The van der Waals surface area contributed by atoms with Gasteiger partial charge in [-0.2, -0.15) is 0 Å². The Morgan fingerprint density at radius 3 is 2.39 bits per heavy atom. The van der Waals surface area contributed by atoms with Crippen molar-refractivity contribution in [1.82, 2.24) is 0 Å². The number of aliphatic hydroxyl groups excluding tert-OH is 1. The van der Waals surface area contributed by atoms with Crippen LogP contribution in [0.5, 0.6) is 0 Å². The molecule has 4 rings (SSSR count). The van der Waals surface area contributed by atoms with Gasteiger partial charge < -0.3 is 14.9 Å². The van der Waals surface area contributed by atoms with Crippen LogP contribution in [-0.4, -0.2) is 39.8 Å². The minimum absolute atomic E-state index is 0.0358. The van der Waals surface area contributed by atoms with Crippen LogP contribution in [0, 0.1) is 46.3 Å². The summed E-state index contributed by atoms with van der Waals surface area (Å²) in [6, 6.07) is 0. The number of esters is 1. The van der Waals surface area contributed by atoms with E-state index >= 15 is 0 Å². The summed E-state index contributed by atoms with van der Waals surface area (Å²) in [5.74, 6) is -0.633. The zero-order valence-electron chi connectivity index (χ0n) is 20.1. The van der Waals surface area contributed by atoms with Crippen LogP contribution in [0.4, 0.5) is 0 Å². The van der Waals surface area contributed by atoms with E-state index in [2.05, 4.69) is 13.8 Å². The van der Waals surface area contributed by atoms with Crippen LogP contribution < -0.4 is 0 Å². The predicted molar refractivity (Wildman–Crippen MR) is 118 cm³/mol. The molecule has 2 N–H and O–H groups in total. The fraction of sp³-hybridized carbons (Fsp3) is 0.769. The summed E-state index contributed by atoms with van der Waals surface area (Å²) in [5, 5.41) is 23.7. The van der Waals surface area contributed by atoms with Gasteiger partial charge >= 0.3 is 5.97 Å². The Labute approximate surface area is 185 Å². The number of carbonyl (C=O) groups excluding carboxylic acids is 2. The molecular formula is C26H38O5. The second-order valence-corrected chi connectivity index (χ2v) is 11.7. The molecule has 1 unspecified atom stereocenters. The maximum Gasteiger partial charge on any atom is 0.309 e. The molecule has 0 amide bonds. The van der Waals surface area contributed by atoms with E-state index in [1.165, 1.54) is 0 Å². The minimum Gasteiger partial charge on any atom is -0.454 e. The third-order valence-corrected chi connectivity index (χ3v) is 9.45. The fourth-order valence-corrected chi connectivity index (χ4v) is 7.07. The molecule has 0 aromatic heterocycles. The average molecular weight is 431 g/mol. The molecule has 1 spiro atoms. The summed E-state index contributed by atoms with van der Waals surface area (Å²) in [6.07, 6.45) is 2.18. The molecule has 0 aromatic carbocycles. The molecule has 0 aromatic rings. The van der Waals surface area contributed by atoms with E-state index in [4.69, 9.17) is 4.74 Å². The number of fused-ring (bicyclic) bond motifs is 3. The van der Waals surface area contributed by atoms with Gasteiger partial charge in [-0.25, -0.2) is 0 Å². The fourth-order valence-electron chi connectivity index (χ4n) is 7.07. The smallest absolute Gasteiger partial charge is 0.309 e. The van der Waals surface area contributed by atoms with Crippen LogP contribution in [-0.2, 0) is 14.3 Å². The number of aliphatic hydroxyl groups is 2. The van der Waals surface area contributed by atoms with Gasteiger partial charge in [0.05, 0.1) is 11.3 Å². The number of ketones is 1. The highest BCUT2D eigenvalue weighted by molar-refractivity contribution is 5.95. The van der Waals surface area contributed by atoms with Crippen molar-refractivity contribution in [2.75, 3.05) is 0 Å². The van der Waals surface area contributed by atoms with Crippen molar-refractivity contribution in [3.05, 3.63) is 23.3 Å². The molecule has 5 nitrogen and oxygen atoms in total. The van der Waals surface area contributed by atoms with Crippen molar-refractivity contribution in [3.8, 4) is 0 Å². The second-order valence-electron chi connectivity index (χ2n) is 11.7. The van der Waals surface area contributed by atoms with Gasteiger partial charge in [0.1, 0.15) is 6.10 Å². The lowest BCUT2D eigenvalue weighted by Gasteiger charge is -2.48. The molecular weight excluding hydrogens is 392 g/mol. The van der Waals surface area contributed by atoms with Crippen LogP contribution in [0.2, 0.25) is 0 Å². The van der Waals surface area contributed by atoms with Gasteiger partial charge in [-0.15, -0.1) is 0 Å². The highest BCUT2D eigenvalue weighted by Crippen LogP contribution is 2.71. The molecule has 0 heterocycles. The van der Waals surface area contributed by atoms with Crippen molar-refractivity contribution in [1.29, 1.82) is 0 Å². The molecule has 2 saturated carbocycles. The maximum absolute atomic E-state index is 14.2. The first-order valence-corrected chi connectivity index (χ1v) is 11.8. The van der Waals surface area contributed by atoms with E-state index in [0.717, 1.165) is 6.42 Å². The Bertz CT molecular complexity index is 882. The highest BCUT2D eigenvalue weighted by atomic mass is 16.6. The summed E-state index contributed by atoms with van der Waals surface area (Å²) in [7, 11) is 0. The van der Waals surface area contributed by atoms with Crippen LogP contribution in [0.1, 0.15) is 61.8 Å². The quantitative estimate of drug-likeness (QED) is 0.527. The van der Waals surface area contributed by atoms with Gasteiger partial charge in [-0.3, -0.25) is 9.59 Å². The number of rotatable bonds is 3. The monoisotopic (exact) mass is 430 g/mol. The molecule has 2 fully saturated rings. The van der Waals surface area contributed by atoms with E-state index < -0.39 is 29.2 Å². The zero-order chi connectivity index (χ0) is 23.3. The van der Waals surface area contributed by atoms with E-state index in [0.29, 0.717) is 17.1 Å². The van der Waals surface area contributed by atoms with E-state index in [9.17, 15) is 19.8 Å². The molecule has 0 radical (unpaired) electrons. The Morgan fingerprint density at radius 1 is 1.19 bits per heavy atom. The first kappa shape index (κ1) is 22.7. The van der Waals surface area contributed by atoms with Crippen LogP contribution >= 0.6 is 0 Å². The Morgan fingerprint density at radius 2 is 1.81 bits per heavy atom. The zero-order valence-corrected chi connectivity index (χ0v) is 20.1. The topological polar surface area (TPSA) is 83.8 Å². The highest BCUT2D eigenvalue weighted by Gasteiger charge is 2.76. The van der Waals surface area contributed by atoms with Gasteiger partial charge in [0, 0.05) is 5.92 Å². The van der Waals surface area contributed by atoms with Gasteiger partial charge in [0.15, 0.2) is 17.5 Å². The largest absolute Gasteiger partial charge is 0.454 e. The molecule has 4 aliphatic rings. The van der Waals surface area contributed by atoms with Gasteiger partial charge in [-0.05, 0) is 60.5 Å². The molecule has 9 atom stereocenters. The molecule has 4 aliphatic carbocycles. The van der Waals surface area contributed by atoms with E-state index in [1.807, 2.05) is 32.9 Å². The van der Waals surface area contributed by atoms with Crippen molar-refractivity contribution >= 4 is 11.8 Å². The molecule has 0 aliphatic heterocycles. The predicted octanol–water partition coefficient (Wildman–Crippen LogP) is 3.69. The van der Waals surface area contributed by atoms with Crippen LogP contribution in [0.15, 0.2) is 23.3 Å². The van der Waals surface area contributed by atoms with Crippen molar-refractivity contribution < 1.29 is 24.5 Å². The minimum atomic E-state index is -1.91. The Balaban J connectivity index is 1.85. The van der Waals surface area contributed by atoms with Gasteiger partial charge in [0.25, 0.3) is 0 Å². The normalized spacial score (nSPS) is 46.2. The standard InChI is InChI=1S/C26H38O5/c1-12(2)16(6)23(29)31-22-14(4)11-25-15(5)10-18-19(24(18,7)8)17(21(25)28)9-13(3)20(27)26(22,25)30/h9,11-12,15-20,22,27,30H,10H2,1-8H3/t15-,16?,17+,18-,19+,20-,22+,25+,26+/m1/s1. The van der Waals surface area contributed by atoms with Crippen molar-refractivity contribution in [3.63, 3.8) is 0 Å². The Kier molecular flexibility index (Phi) is 4.96. The third kappa shape index (κ3) is 2.68. The summed E-state index contributed by atoms with van der Waals surface area (Å²) in [4.78, 5) is 27.1. The molecule has 2 bridgehead atoms. The summed E-state index contributed by atoms with van der Waals surface area (Å²) >= 11 is 0. The van der Waals surface area contributed by atoms with Crippen molar-refractivity contribution in [2.45, 2.75) is 79.6 Å². The third-order valence-electron chi connectivity index (χ3n) is 9.45. The molecule has 5 heteroatoms. The number of carbonyl (C=O) groups is 2. The van der Waals surface area contributed by atoms with Gasteiger partial charge in [0.2, 0.25) is 0 Å². The Hall–Kier alpha value is -1.46.